The molecule has 1 N–H and O–H groups in total. The van der Waals surface area contributed by atoms with Crippen LogP contribution in [0.4, 0.5) is 0 Å². The summed E-state index contributed by atoms with van der Waals surface area (Å²) in [6, 6.07) is 6.01. The minimum Gasteiger partial charge on any atom is -0.441 e. The van der Waals surface area contributed by atoms with Gasteiger partial charge in [0.05, 0.1) is 11.2 Å². The van der Waals surface area contributed by atoms with Crippen molar-refractivity contribution in [2.45, 2.75) is 25.3 Å². The van der Waals surface area contributed by atoms with Gasteiger partial charge in [0.1, 0.15) is 0 Å². The molecule has 5 heteroatoms. The first-order valence-corrected chi connectivity index (χ1v) is 7.11. The van der Waals surface area contributed by atoms with Gasteiger partial charge >= 0.3 is 0 Å². The molecule has 3 rings (SSSR count). The quantitative estimate of drug-likeness (QED) is 0.908. The molecule has 0 amide bonds. The fourth-order valence-corrected chi connectivity index (χ4v) is 2.29. The summed E-state index contributed by atoms with van der Waals surface area (Å²) in [6.07, 6.45) is 5.06. The molecule has 100 valence electrons. The van der Waals surface area contributed by atoms with Crippen LogP contribution in [0.15, 0.2) is 28.8 Å². The van der Waals surface area contributed by atoms with Crippen molar-refractivity contribution < 1.29 is 4.42 Å². The zero-order valence-electron chi connectivity index (χ0n) is 10.3. The van der Waals surface area contributed by atoms with Gasteiger partial charge in [0.15, 0.2) is 11.7 Å². The SMILES string of the molecule is Clc1ccc(Cl)c(-c2cnc(CCNC3CC3)o2)c1. The Labute approximate surface area is 121 Å². The van der Waals surface area contributed by atoms with Gasteiger partial charge in [-0.2, -0.15) is 0 Å². The van der Waals surface area contributed by atoms with Gasteiger partial charge in [-0.15, -0.1) is 0 Å². The van der Waals surface area contributed by atoms with Crippen LogP contribution in [0.3, 0.4) is 0 Å². The maximum atomic E-state index is 6.14. The predicted molar refractivity (Wildman–Crippen MR) is 76.7 cm³/mol. The average molecular weight is 297 g/mol. The van der Waals surface area contributed by atoms with E-state index < -0.39 is 0 Å². The Hall–Kier alpha value is -1.03. The first-order chi connectivity index (χ1) is 9.22. The van der Waals surface area contributed by atoms with Gasteiger partial charge in [0.25, 0.3) is 0 Å². The molecule has 1 aromatic heterocycles. The maximum absolute atomic E-state index is 6.14. The van der Waals surface area contributed by atoms with Crippen molar-refractivity contribution in [3.05, 3.63) is 40.3 Å². The second-order valence-corrected chi connectivity index (χ2v) is 5.56. The van der Waals surface area contributed by atoms with E-state index >= 15 is 0 Å². The highest BCUT2D eigenvalue weighted by Crippen LogP contribution is 2.31. The standard InChI is InChI=1S/C14H14Cl2N2O/c15-9-1-4-12(16)11(7-9)13-8-18-14(19-13)5-6-17-10-2-3-10/h1,4,7-8,10,17H,2-3,5-6H2. The summed E-state index contributed by atoms with van der Waals surface area (Å²) in [4.78, 5) is 4.27. The summed E-state index contributed by atoms with van der Waals surface area (Å²) >= 11 is 12.1. The monoisotopic (exact) mass is 296 g/mol. The lowest BCUT2D eigenvalue weighted by atomic mass is 10.2. The van der Waals surface area contributed by atoms with Gasteiger partial charge in [-0.05, 0) is 31.0 Å². The lowest BCUT2D eigenvalue weighted by molar-refractivity contribution is 0.494. The van der Waals surface area contributed by atoms with E-state index in [-0.39, 0.29) is 0 Å². The average Bonchev–Trinajstić information content (AvgIpc) is 3.10. The molecule has 1 aliphatic carbocycles. The third-order valence-corrected chi connectivity index (χ3v) is 3.66. The van der Waals surface area contributed by atoms with Crippen LogP contribution >= 0.6 is 23.2 Å². The predicted octanol–water partition coefficient (Wildman–Crippen LogP) is 3.94. The lowest BCUT2D eigenvalue weighted by Crippen LogP contribution is -2.19. The molecular weight excluding hydrogens is 283 g/mol. The molecule has 1 aromatic carbocycles. The van der Waals surface area contributed by atoms with Crippen LogP contribution in [0.2, 0.25) is 10.0 Å². The summed E-state index contributed by atoms with van der Waals surface area (Å²) < 4.78 is 5.71. The van der Waals surface area contributed by atoms with E-state index in [1.807, 2.05) is 0 Å². The molecule has 2 aromatic rings. The number of hydrogen-bond donors (Lipinski definition) is 1. The number of hydrogen-bond acceptors (Lipinski definition) is 3. The van der Waals surface area contributed by atoms with E-state index in [1.165, 1.54) is 12.8 Å². The molecule has 0 spiro atoms. The number of nitrogens with zero attached hydrogens (tertiary/aromatic N) is 1. The largest absolute Gasteiger partial charge is 0.441 e. The van der Waals surface area contributed by atoms with Gasteiger partial charge in [0, 0.05) is 29.6 Å². The van der Waals surface area contributed by atoms with Crippen LogP contribution in [0.25, 0.3) is 11.3 Å². The number of benzene rings is 1. The van der Waals surface area contributed by atoms with Crippen LogP contribution in [0.1, 0.15) is 18.7 Å². The minimum atomic E-state index is 0.614. The third-order valence-electron chi connectivity index (χ3n) is 3.10. The van der Waals surface area contributed by atoms with Gasteiger partial charge in [-0.1, -0.05) is 23.2 Å². The summed E-state index contributed by atoms with van der Waals surface area (Å²) in [7, 11) is 0. The first kappa shape index (κ1) is 13.0. The molecule has 1 heterocycles. The van der Waals surface area contributed by atoms with Crippen molar-refractivity contribution in [2.24, 2.45) is 0 Å². The highest BCUT2D eigenvalue weighted by atomic mass is 35.5. The summed E-state index contributed by atoms with van der Waals surface area (Å²) in [5.74, 6) is 1.38. The van der Waals surface area contributed by atoms with Gasteiger partial charge in [-0.25, -0.2) is 4.98 Å². The molecule has 0 bridgehead atoms. The molecule has 1 saturated carbocycles. The maximum Gasteiger partial charge on any atom is 0.196 e. The van der Waals surface area contributed by atoms with Crippen LogP contribution in [-0.4, -0.2) is 17.6 Å². The second-order valence-electron chi connectivity index (χ2n) is 4.72. The van der Waals surface area contributed by atoms with Gasteiger partial charge < -0.3 is 9.73 Å². The Morgan fingerprint density at radius 3 is 2.95 bits per heavy atom. The smallest absolute Gasteiger partial charge is 0.196 e. The number of rotatable bonds is 5. The number of nitrogens with one attached hydrogen (secondary N) is 1. The molecule has 19 heavy (non-hydrogen) atoms. The van der Waals surface area contributed by atoms with Crippen molar-refractivity contribution in [3.63, 3.8) is 0 Å². The van der Waals surface area contributed by atoms with Crippen LogP contribution in [0, 0.1) is 0 Å². The Balaban J connectivity index is 1.70. The summed E-state index contributed by atoms with van der Waals surface area (Å²) in [5.41, 5.74) is 0.781. The molecule has 3 nitrogen and oxygen atoms in total. The number of halogens is 2. The highest BCUT2D eigenvalue weighted by Gasteiger charge is 2.20. The second kappa shape index (κ2) is 5.53. The van der Waals surface area contributed by atoms with E-state index in [4.69, 9.17) is 27.6 Å². The summed E-state index contributed by atoms with van der Waals surface area (Å²) in [6.45, 7) is 0.897. The van der Waals surface area contributed by atoms with Gasteiger partial charge in [-0.3, -0.25) is 0 Å². The molecular formula is C14H14Cl2N2O. The molecule has 0 saturated heterocycles. The topological polar surface area (TPSA) is 38.1 Å². The first-order valence-electron chi connectivity index (χ1n) is 6.36. The van der Waals surface area contributed by atoms with Crippen LogP contribution in [-0.2, 0) is 6.42 Å². The van der Waals surface area contributed by atoms with Crippen molar-refractivity contribution >= 4 is 23.2 Å². The zero-order chi connectivity index (χ0) is 13.2. The molecule has 0 atom stereocenters. The molecule has 1 fully saturated rings. The minimum absolute atomic E-state index is 0.614. The normalized spacial score (nSPS) is 14.8. The molecule has 0 radical (unpaired) electrons. The third kappa shape index (κ3) is 3.30. The van der Waals surface area contributed by atoms with Crippen LogP contribution < -0.4 is 5.32 Å². The van der Waals surface area contributed by atoms with E-state index in [0.29, 0.717) is 21.8 Å². The number of oxazole rings is 1. The van der Waals surface area contributed by atoms with Gasteiger partial charge in [0.2, 0.25) is 0 Å². The lowest BCUT2D eigenvalue weighted by Gasteiger charge is -2.01. The Morgan fingerprint density at radius 2 is 2.16 bits per heavy atom. The fraction of sp³-hybridized carbons (Fsp3) is 0.357. The molecule has 0 aliphatic heterocycles. The Bertz CT molecular complexity index is 579. The van der Waals surface area contributed by atoms with E-state index in [2.05, 4.69) is 10.3 Å². The molecule has 1 aliphatic rings. The molecule has 0 unspecified atom stereocenters. The summed E-state index contributed by atoms with van der Waals surface area (Å²) in [5, 5.41) is 4.67. The fourth-order valence-electron chi connectivity index (χ4n) is 1.91. The van der Waals surface area contributed by atoms with E-state index in [0.717, 1.165) is 24.4 Å². The van der Waals surface area contributed by atoms with Crippen molar-refractivity contribution in [1.29, 1.82) is 0 Å². The number of aromatic nitrogens is 1. The van der Waals surface area contributed by atoms with Crippen molar-refractivity contribution in [3.8, 4) is 11.3 Å². The zero-order valence-corrected chi connectivity index (χ0v) is 11.8. The van der Waals surface area contributed by atoms with Crippen molar-refractivity contribution in [2.75, 3.05) is 6.54 Å². The Kier molecular flexibility index (Phi) is 3.78. The van der Waals surface area contributed by atoms with Crippen molar-refractivity contribution in [1.82, 2.24) is 10.3 Å². The Morgan fingerprint density at radius 1 is 1.32 bits per heavy atom. The van der Waals surface area contributed by atoms with E-state index in [9.17, 15) is 0 Å². The van der Waals surface area contributed by atoms with E-state index in [1.54, 1.807) is 24.4 Å². The van der Waals surface area contributed by atoms with Crippen LogP contribution in [0.5, 0.6) is 0 Å². The highest BCUT2D eigenvalue weighted by molar-refractivity contribution is 6.35.